The fraction of sp³-hybridized carbons (Fsp3) is 0.533. The maximum absolute atomic E-state index is 6.25. The van der Waals surface area contributed by atoms with Gasteiger partial charge in [-0.15, -0.1) is 0 Å². The van der Waals surface area contributed by atoms with E-state index in [0.29, 0.717) is 10.0 Å². The van der Waals surface area contributed by atoms with E-state index in [1.165, 1.54) is 0 Å². The minimum Gasteiger partial charge on any atom is -0.381 e. The molecular formula is C15H18Cl2N2OS. The lowest BCUT2D eigenvalue weighted by atomic mass is 9.93. The van der Waals surface area contributed by atoms with E-state index >= 15 is 0 Å². The third kappa shape index (κ3) is 3.50. The molecule has 114 valence electrons. The molecule has 2 aliphatic heterocycles. The number of amidine groups is 1. The standard InChI is InChI=1S/C15H18Cl2N2OS/c1-10(12-3-2-11(16)8-13(12)17)18-14-19-15(9-21-14)4-6-20-7-5-15/h2-3,8,10H,4-7,9H2,1H3,(H,18,19). The number of thioether (sulfide) groups is 1. The highest BCUT2D eigenvalue weighted by molar-refractivity contribution is 8.14. The lowest BCUT2D eigenvalue weighted by Crippen LogP contribution is -2.48. The molecule has 1 N–H and O–H groups in total. The van der Waals surface area contributed by atoms with Gasteiger partial charge < -0.3 is 10.1 Å². The number of benzene rings is 1. The number of nitrogens with one attached hydrogen (secondary N) is 1. The van der Waals surface area contributed by atoms with Gasteiger partial charge in [0.05, 0.1) is 11.6 Å². The summed E-state index contributed by atoms with van der Waals surface area (Å²) in [4.78, 5) is 4.79. The maximum Gasteiger partial charge on any atom is 0.157 e. The predicted octanol–water partition coefficient (Wildman–Crippen LogP) is 4.30. The first-order chi connectivity index (χ1) is 10.1. The Kier molecular flexibility index (Phi) is 4.69. The second-order valence-electron chi connectivity index (χ2n) is 5.58. The van der Waals surface area contributed by atoms with Crippen LogP contribution in [0.5, 0.6) is 0 Å². The first kappa shape index (κ1) is 15.5. The van der Waals surface area contributed by atoms with Crippen molar-refractivity contribution in [1.82, 2.24) is 5.32 Å². The molecule has 1 unspecified atom stereocenters. The van der Waals surface area contributed by atoms with Gasteiger partial charge in [-0.3, -0.25) is 4.99 Å². The number of hydrogen-bond donors (Lipinski definition) is 1. The van der Waals surface area contributed by atoms with Crippen molar-refractivity contribution in [2.75, 3.05) is 19.0 Å². The van der Waals surface area contributed by atoms with E-state index in [2.05, 4.69) is 12.2 Å². The van der Waals surface area contributed by atoms with Gasteiger partial charge in [0.25, 0.3) is 0 Å². The van der Waals surface area contributed by atoms with Crippen LogP contribution in [-0.4, -0.2) is 29.7 Å². The Morgan fingerprint density at radius 1 is 1.33 bits per heavy atom. The molecule has 0 bridgehead atoms. The number of aliphatic imine (C=N–C) groups is 1. The minimum absolute atomic E-state index is 0.0137. The average molecular weight is 345 g/mol. The van der Waals surface area contributed by atoms with Crippen LogP contribution >= 0.6 is 35.0 Å². The molecule has 2 fully saturated rings. The van der Waals surface area contributed by atoms with Gasteiger partial charge in [0.1, 0.15) is 0 Å². The molecule has 0 aliphatic carbocycles. The van der Waals surface area contributed by atoms with Crippen LogP contribution < -0.4 is 5.32 Å². The van der Waals surface area contributed by atoms with Crippen molar-refractivity contribution < 1.29 is 4.74 Å². The Hall–Kier alpha value is -0.420. The number of rotatable bonds is 2. The van der Waals surface area contributed by atoms with E-state index in [4.69, 9.17) is 32.9 Å². The summed E-state index contributed by atoms with van der Waals surface area (Å²) >= 11 is 14.0. The van der Waals surface area contributed by atoms with Crippen LogP contribution in [0.2, 0.25) is 10.0 Å². The summed E-state index contributed by atoms with van der Waals surface area (Å²) in [5, 5.41) is 5.93. The normalized spacial score (nSPS) is 24.2. The third-order valence-corrected chi connectivity index (χ3v) is 5.77. The fourth-order valence-corrected chi connectivity index (χ4v) is 4.55. The largest absolute Gasteiger partial charge is 0.381 e. The van der Waals surface area contributed by atoms with Gasteiger partial charge in [-0.2, -0.15) is 0 Å². The summed E-state index contributed by atoms with van der Waals surface area (Å²) in [5.74, 6) is 1.07. The van der Waals surface area contributed by atoms with E-state index in [-0.39, 0.29) is 11.6 Å². The van der Waals surface area contributed by atoms with Crippen LogP contribution in [0.4, 0.5) is 0 Å². The fourth-order valence-electron chi connectivity index (χ4n) is 2.69. The average Bonchev–Trinajstić information content (AvgIpc) is 2.82. The van der Waals surface area contributed by atoms with Gasteiger partial charge in [-0.25, -0.2) is 0 Å². The predicted molar refractivity (Wildman–Crippen MR) is 90.7 cm³/mol. The van der Waals surface area contributed by atoms with Crippen molar-refractivity contribution in [3.8, 4) is 0 Å². The summed E-state index contributed by atoms with van der Waals surface area (Å²) in [7, 11) is 0. The zero-order chi connectivity index (χ0) is 14.9. The van der Waals surface area contributed by atoms with Crippen LogP contribution in [0.15, 0.2) is 23.2 Å². The van der Waals surface area contributed by atoms with E-state index in [1.807, 2.05) is 12.1 Å². The molecule has 0 aromatic heterocycles. The van der Waals surface area contributed by atoms with Crippen molar-refractivity contribution in [1.29, 1.82) is 0 Å². The molecule has 0 saturated carbocycles. The number of hydrogen-bond acceptors (Lipinski definition) is 3. The van der Waals surface area contributed by atoms with E-state index in [0.717, 1.165) is 42.5 Å². The van der Waals surface area contributed by atoms with E-state index < -0.39 is 0 Å². The molecular weight excluding hydrogens is 327 g/mol. The summed E-state index contributed by atoms with van der Waals surface area (Å²) in [6.45, 7) is 3.72. The number of ether oxygens (including phenoxy) is 1. The van der Waals surface area contributed by atoms with Crippen LogP contribution in [0, 0.1) is 0 Å². The van der Waals surface area contributed by atoms with Crippen LogP contribution in [0.25, 0.3) is 0 Å². The molecule has 6 heteroatoms. The van der Waals surface area contributed by atoms with Gasteiger partial charge >= 0.3 is 0 Å². The molecule has 1 aromatic carbocycles. The van der Waals surface area contributed by atoms with Crippen molar-refractivity contribution in [3.63, 3.8) is 0 Å². The molecule has 3 rings (SSSR count). The highest BCUT2D eigenvalue weighted by Gasteiger charge is 2.38. The summed E-state index contributed by atoms with van der Waals surface area (Å²) in [6, 6.07) is 5.59. The first-order valence-corrected chi connectivity index (χ1v) is 8.84. The second-order valence-corrected chi connectivity index (χ2v) is 7.39. The smallest absolute Gasteiger partial charge is 0.157 e. The van der Waals surface area contributed by atoms with E-state index in [1.54, 1.807) is 17.8 Å². The lowest BCUT2D eigenvalue weighted by molar-refractivity contribution is 0.0555. The zero-order valence-corrected chi connectivity index (χ0v) is 14.2. The molecule has 2 saturated heterocycles. The minimum atomic E-state index is 0.0137. The maximum atomic E-state index is 6.25. The summed E-state index contributed by atoms with van der Waals surface area (Å²) in [6.07, 6.45) is 2.10. The summed E-state index contributed by atoms with van der Waals surface area (Å²) < 4.78 is 5.45. The Morgan fingerprint density at radius 2 is 2.10 bits per heavy atom. The van der Waals surface area contributed by atoms with Crippen LogP contribution in [-0.2, 0) is 4.74 Å². The topological polar surface area (TPSA) is 33.6 Å². The van der Waals surface area contributed by atoms with Gasteiger partial charge in [0.2, 0.25) is 0 Å². The van der Waals surface area contributed by atoms with Gasteiger partial charge in [-0.1, -0.05) is 41.0 Å². The quantitative estimate of drug-likeness (QED) is 0.868. The Labute approximate surface area is 139 Å². The van der Waals surface area contributed by atoms with Gasteiger partial charge in [0, 0.05) is 29.0 Å². The van der Waals surface area contributed by atoms with E-state index in [9.17, 15) is 0 Å². The Bertz CT molecular complexity index is 559. The number of halogens is 2. The Balaban J connectivity index is 1.73. The van der Waals surface area contributed by atoms with Gasteiger partial charge in [-0.05, 0) is 37.5 Å². The van der Waals surface area contributed by atoms with Crippen molar-refractivity contribution in [3.05, 3.63) is 33.8 Å². The molecule has 1 spiro atoms. The third-order valence-electron chi connectivity index (χ3n) is 4.03. The monoisotopic (exact) mass is 344 g/mol. The molecule has 0 radical (unpaired) electrons. The zero-order valence-electron chi connectivity index (χ0n) is 11.9. The molecule has 21 heavy (non-hydrogen) atoms. The number of nitrogens with zero attached hydrogens (tertiary/aromatic N) is 1. The second kappa shape index (κ2) is 6.37. The summed E-state index contributed by atoms with van der Waals surface area (Å²) in [5.41, 5.74) is 1.18. The molecule has 0 amide bonds. The lowest BCUT2D eigenvalue weighted by Gasteiger charge is -2.32. The van der Waals surface area contributed by atoms with Crippen molar-refractivity contribution in [2.45, 2.75) is 31.3 Å². The van der Waals surface area contributed by atoms with Crippen LogP contribution in [0.1, 0.15) is 31.4 Å². The van der Waals surface area contributed by atoms with Crippen molar-refractivity contribution >= 4 is 40.1 Å². The molecule has 3 nitrogen and oxygen atoms in total. The van der Waals surface area contributed by atoms with Crippen LogP contribution in [0.3, 0.4) is 0 Å². The van der Waals surface area contributed by atoms with Gasteiger partial charge in [0.15, 0.2) is 5.17 Å². The molecule has 2 heterocycles. The Morgan fingerprint density at radius 3 is 2.81 bits per heavy atom. The SMILES string of the molecule is CC(N=C1NC2(CCOCC2)CS1)c1ccc(Cl)cc1Cl. The first-order valence-electron chi connectivity index (χ1n) is 7.09. The highest BCUT2D eigenvalue weighted by atomic mass is 35.5. The molecule has 1 aromatic rings. The highest BCUT2D eigenvalue weighted by Crippen LogP contribution is 2.34. The molecule has 1 atom stereocenters. The van der Waals surface area contributed by atoms with Crippen molar-refractivity contribution in [2.24, 2.45) is 4.99 Å². The molecule has 2 aliphatic rings.